The van der Waals surface area contributed by atoms with Crippen molar-refractivity contribution in [2.45, 2.75) is 225 Å². The normalized spacial score (nSPS) is 19.5. The summed E-state index contributed by atoms with van der Waals surface area (Å²) in [4.78, 5) is 50.7. The fourth-order valence-electron chi connectivity index (χ4n) is 7.19. The molecule has 69 heavy (non-hydrogen) atoms. The lowest BCUT2D eigenvalue weighted by Gasteiger charge is -2.40. The standard InChI is InChI=1S/C57H90O12/c1-4-7-10-13-16-19-21-23-24-25-26-28-29-32-34-37-40-43-49(58)65-46-48(67-50(59)44-41-38-36-33-30-27-22-20-17-14-11-8-5-2)47-66-57-55(53(62)52(61)54(69-57)56(63)64)68-51(60)45-42-39-35-31-18-15-12-9-6-3/h7-8,10-11,16-17,19-20,23-24,26-28,30,36,38,48,52-55,57,61-62H,4-6,9,12-15,18,21-22,25,29,31-35,37,39-47H2,1-3H3,(H,63,64)/b10-7-,11-8-,19-16-,20-17-,24-23-,28-26-,30-27-,38-36-. The SMILES string of the molecule is CC/C=C\C/C=C\C/C=C\C/C=C\CCCCCCC(=O)OCC(COC1OC(C(=O)O)C(O)C(O)C1OC(=O)CCCCCCCCCCC)OC(=O)CC/C=C\C/C=C\C/C=C\C/C=C\CC. The lowest BCUT2D eigenvalue weighted by Crippen LogP contribution is -2.61. The van der Waals surface area contributed by atoms with Crippen molar-refractivity contribution < 1.29 is 58.2 Å². The third-order valence-electron chi connectivity index (χ3n) is 11.2. The molecular formula is C57H90O12. The van der Waals surface area contributed by atoms with Crippen LogP contribution in [0.1, 0.15) is 188 Å². The van der Waals surface area contributed by atoms with E-state index in [1.165, 1.54) is 25.7 Å². The average molecular weight is 967 g/mol. The summed E-state index contributed by atoms with van der Waals surface area (Å²) in [5, 5.41) is 31.3. The number of esters is 3. The summed E-state index contributed by atoms with van der Waals surface area (Å²) in [5.41, 5.74) is 0. The van der Waals surface area contributed by atoms with Crippen molar-refractivity contribution in [1.29, 1.82) is 0 Å². The molecule has 0 aliphatic carbocycles. The molecule has 3 N–H and O–H groups in total. The van der Waals surface area contributed by atoms with Crippen LogP contribution in [0.3, 0.4) is 0 Å². The topological polar surface area (TPSA) is 175 Å². The van der Waals surface area contributed by atoms with Crippen molar-refractivity contribution in [3.8, 4) is 0 Å². The molecule has 0 radical (unpaired) electrons. The van der Waals surface area contributed by atoms with E-state index in [9.17, 15) is 34.5 Å². The molecule has 0 bridgehead atoms. The maximum absolute atomic E-state index is 13.0. The summed E-state index contributed by atoms with van der Waals surface area (Å²) in [5.74, 6) is -3.28. The first-order valence-corrected chi connectivity index (χ1v) is 26.2. The number of hydrogen-bond acceptors (Lipinski definition) is 11. The van der Waals surface area contributed by atoms with E-state index in [0.717, 1.165) is 96.3 Å². The minimum Gasteiger partial charge on any atom is -0.479 e. The summed E-state index contributed by atoms with van der Waals surface area (Å²) in [6.45, 7) is 5.61. The Morgan fingerprint density at radius 1 is 0.493 bits per heavy atom. The second-order valence-corrected chi connectivity index (χ2v) is 17.4. The highest BCUT2D eigenvalue weighted by Crippen LogP contribution is 2.26. The number of allylic oxidation sites excluding steroid dienone is 16. The zero-order valence-corrected chi connectivity index (χ0v) is 42.5. The highest BCUT2D eigenvalue weighted by molar-refractivity contribution is 5.74. The van der Waals surface area contributed by atoms with Crippen LogP contribution in [0.25, 0.3) is 0 Å². The van der Waals surface area contributed by atoms with Crippen molar-refractivity contribution in [2.75, 3.05) is 13.2 Å². The average Bonchev–Trinajstić information content (AvgIpc) is 3.33. The molecule has 1 aliphatic heterocycles. The molecule has 1 saturated heterocycles. The molecule has 0 aromatic rings. The van der Waals surface area contributed by atoms with Crippen LogP contribution in [-0.4, -0.2) is 89.2 Å². The number of hydrogen-bond donors (Lipinski definition) is 3. The molecule has 0 amide bonds. The van der Waals surface area contributed by atoms with Crippen molar-refractivity contribution >= 4 is 23.9 Å². The van der Waals surface area contributed by atoms with E-state index in [1.54, 1.807) is 0 Å². The second kappa shape index (κ2) is 44.8. The van der Waals surface area contributed by atoms with Crippen LogP contribution >= 0.6 is 0 Å². The number of unbranched alkanes of at least 4 members (excludes halogenated alkanes) is 12. The summed E-state index contributed by atoms with van der Waals surface area (Å²) in [7, 11) is 0. The summed E-state index contributed by atoms with van der Waals surface area (Å²) in [6.07, 6.45) is 45.7. The van der Waals surface area contributed by atoms with Gasteiger partial charge in [0, 0.05) is 19.3 Å². The molecule has 12 heteroatoms. The van der Waals surface area contributed by atoms with E-state index >= 15 is 0 Å². The Labute approximate surface area is 415 Å². The molecule has 1 rings (SSSR count). The largest absolute Gasteiger partial charge is 0.479 e. The fourth-order valence-corrected chi connectivity index (χ4v) is 7.19. The molecule has 390 valence electrons. The van der Waals surface area contributed by atoms with E-state index < -0.39 is 67.3 Å². The molecule has 6 atom stereocenters. The third kappa shape index (κ3) is 35.4. The first-order valence-electron chi connectivity index (χ1n) is 26.2. The molecule has 1 fully saturated rings. The van der Waals surface area contributed by atoms with Crippen molar-refractivity contribution in [2.24, 2.45) is 0 Å². The van der Waals surface area contributed by atoms with Gasteiger partial charge in [0.1, 0.15) is 18.8 Å². The molecule has 0 saturated carbocycles. The minimum absolute atomic E-state index is 0.0323. The van der Waals surface area contributed by atoms with Gasteiger partial charge in [-0.3, -0.25) is 14.4 Å². The van der Waals surface area contributed by atoms with Crippen LogP contribution in [0.4, 0.5) is 0 Å². The van der Waals surface area contributed by atoms with Gasteiger partial charge in [-0.15, -0.1) is 0 Å². The number of carboxylic acids is 1. The number of aliphatic carboxylic acids is 1. The smallest absolute Gasteiger partial charge is 0.335 e. The van der Waals surface area contributed by atoms with Gasteiger partial charge in [0.05, 0.1) is 6.61 Å². The zero-order chi connectivity index (χ0) is 50.4. The second-order valence-electron chi connectivity index (χ2n) is 17.4. The zero-order valence-electron chi connectivity index (χ0n) is 42.5. The van der Waals surface area contributed by atoms with E-state index in [-0.39, 0.29) is 25.9 Å². The van der Waals surface area contributed by atoms with Crippen molar-refractivity contribution in [3.63, 3.8) is 0 Å². The Bertz CT molecular complexity index is 1570. The minimum atomic E-state index is -1.92. The number of rotatable bonds is 42. The number of ether oxygens (including phenoxy) is 5. The van der Waals surface area contributed by atoms with Crippen LogP contribution < -0.4 is 0 Å². The van der Waals surface area contributed by atoms with Gasteiger partial charge >= 0.3 is 23.9 Å². The van der Waals surface area contributed by atoms with E-state index in [4.69, 9.17) is 23.7 Å². The monoisotopic (exact) mass is 967 g/mol. The van der Waals surface area contributed by atoms with E-state index in [2.05, 4.69) is 106 Å². The van der Waals surface area contributed by atoms with E-state index in [1.807, 2.05) is 12.2 Å². The number of carbonyl (C=O) groups is 4. The van der Waals surface area contributed by atoms with Gasteiger partial charge in [-0.25, -0.2) is 4.79 Å². The predicted octanol–water partition coefficient (Wildman–Crippen LogP) is 12.6. The molecule has 12 nitrogen and oxygen atoms in total. The van der Waals surface area contributed by atoms with Crippen LogP contribution in [0.15, 0.2) is 97.2 Å². The van der Waals surface area contributed by atoms with Gasteiger partial charge in [0.25, 0.3) is 0 Å². The molecule has 6 unspecified atom stereocenters. The highest BCUT2D eigenvalue weighted by Gasteiger charge is 2.50. The Kier molecular flexibility index (Phi) is 40.7. The molecule has 0 aromatic carbocycles. The van der Waals surface area contributed by atoms with Gasteiger partial charge < -0.3 is 39.0 Å². The van der Waals surface area contributed by atoms with Gasteiger partial charge in [-0.2, -0.15) is 0 Å². The Balaban J connectivity index is 2.78. The van der Waals surface area contributed by atoms with Crippen LogP contribution in [0, 0.1) is 0 Å². The lowest BCUT2D eigenvalue weighted by molar-refractivity contribution is -0.301. The Morgan fingerprint density at radius 3 is 1.45 bits per heavy atom. The van der Waals surface area contributed by atoms with Gasteiger partial charge in [-0.05, 0) is 83.5 Å². The fraction of sp³-hybridized carbons (Fsp3) is 0.649. The van der Waals surface area contributed by atoms with Crippen molar-refractivity contribution in [1.82, 2.24) is 0 Å². The van der Waals surface area contributed by atoms with Crippen LogP contribution in [-0.2, 0) is 42.9 Å². The maximum atomic E-state index is 13.0. The number of aliphatic hydroxyl groups excluding tert-OH is 2. The van der Waals surface area contributed by atoms with Gasteiger partial charge in [0.2, 0.25) is 0 Å². The summed E-state index contributed by atoms with van der Waals surface area (Å²) in [6, 6.07) is 0. The molecule has 1 aliphatic rings. The maximum Gasteiger partial charge on any atom is 0.335 e. The molecule has 1 heterocycles. The van der Waals surface area contributed by atoms with Crippen molar-refractivity contribution in [3.05, 3.63) is 97.2 Å². The van der Waals surface area contributed by atoms with Gasteiger partial charge in [-0.1, -0.05) is 182 Å². The summed E-state index contributed by atoms with van der Waals surface area (Å²) < 4.78 is 28.1. The highest BCUT2D eigenvalue weighted by atomic mass is 16.7. The van der Waals surface area contributed by atoms with Crippen LogP contribution in [0.5, 0.6) is 0 Å². The quantitative estimate of drug-likeness (QED) is 0.0229. The molecular weight excluding hydrogens is 877 g/mol. The summed E-state index contributed by atoms with van der Waals surface area (Å²) >= 11 is 0. The number of carboxylic acid groups (broad SMARTS) is 1. The third-order valence-corrected chi connectivity index (χ3v) is 11.2. The Morgan fingerprint density at radius 2 is 0.942 bits per heavy atom. The number of aliphatic hydroxyl groups is 2. The predicted molar refractivity (Wildman–Crippen MR) is 275 cm³/mol. The van der Waals surface area contributed by atoms with E-state index in [0.29, 0.717) is 25.7 Å². The Hall–Kier alpha value is -4.36. The molecule has 0 spiro atoms. The molecule has 0 aromatic heterocycles. The van der Waals surface area contributed by atoms with Gasteiger partial charge in [0.15, 0.2) is 24.6 Å². The first-order chi connectivity index (χ1) is 33.6. The first kappa shape index (κ1) is 62.7. The lowest BCUT2D eigenvalue weighted by atomic mass is 9.98. The van der Waals surface area contributed by atoms with Crippen LogP contribution in [0.2, 0.25) is 0 Å². The number of carbonyl (C=O) groups excluding carboxylic acids is 3.